The van der Waals surface area contributed by atoms with Gasteiger partial charge in [-0.3, -0.25) is 0 Å². The van der Waals surface area contributed by atoms with Gasteiger partial charge in [0, 0.05) is 12.3 Å². The molecule has 0 unspecified atom stereocenters. The second kappa shape index (κ2) is 6.52. The zero-order valence-corrected chi connectivity index (χ0v) is 14.4. The molecule has 2 saturated heterocycles. The highest BCUT2D eigenvalue weighted by Gasteiger charge is 2.50. The normalized spacial score (nSPS) is 24.3. The third-order valence-corrected chi connectivity index (χ3v) is 5.79. The zero-order valence-electron chi connectivity index (χ0n) is 13.6. The van der Waals surface area contributed by atoms with Gasteiger partial charge < -0.3 is 9.80 Å². The van der Waals surface area contributed by atoms with Crippen molar-refractivity contribution in [2.24, 2.45) is 0 Å². The van der Waals surface area contributed by atoms with Crippen LogP contribution in [0.5, 0.6) is 0 Å². The molecule has 3 nitrogen and oxygen atoms in total. The highest BCUT2D eigenvalue weighted by molar-refractivity contribution is 8.01. The van der Waals surface area contributed by atoms with Crippen LogP contribution in [0.15, 0.2) is 60.7 Å². The minimum atomic E-state index is 0.0764. The Morgan fingerprint density at radius 3 is 2.50 bits per heavy atom. The van der Waals surface area contributed by atoms with E-state index < -0.39 is 0 Å². The third-order valence-electron chi connectivity index (χ3n) is 4.88. The number of rotatable bonds is 4. The minimum absolute atomic E-state index is 0.0764. The molecule has 0 aliphatic carbocycles. The molecule has 0 spiro atoms. The standard InChI is InChI=1S/C20H20N2OS/c1-15(17-10-6-3-7-11-17)22-19-14-24-13-18(19)21(20(22)23)12-16-8-4-2-5-9-16/h2-11,15,18-19H,12,14H2,1H3/t15-,18-,19+/m1/s1. The molecular formula is C20H20N2OS. The van der Waals surface area contributed by atoms with Gasteiger partial charge in [0.1, 0.15) is 0 Å². The molecule has 2 fully saturated rings. The van der Waals surface area contributed by atoms with Crippen LogP contribution in [0, 0.1) is 5.75 Å². The lowest BCUT2D eigenvalue weighted by Gasteiger charge is -2.29. The Kier molecular flexibility index (Phi) is 4.23. The van der Waals surface area contributed by atoms with Gasteiger partial charge in [0.25, 0.3) is 0 Å². The molecule has 24 heavy (non-hydrogen) atoms. The van der Waals surface area contributed by atoms with Crippen molar-refractivity contribution in [1.82, 2.24) is 9.80 Å². The van der Waals surface area contributed by atoms with E-state index in [1.54, 1.807) is 11.8 Å². The first-order valence-corrected chi connectivity index (χ1v) is 9.29. The van der Waals surface area contributed by atoms with Gasteiger partial charge in [0.2, 0.25) is 0 Å². The highest BCUT2D eigenvalue weighted by atomic mass is 32.2. The Bertz CT molecular complexity index is 706. The second-order valence-electron chi connectivity index (χ2n) is 6.33. The topological polar surface area (TPSA) is 23.6 Å². The molecule has 122 valence electrons. The van der Waals surface area contributed by atoms with Crippen molar-refractivity contribution >= 4 is 17.8 Å². The number of thioether (sulfide) groups is 1. The summed E-state index contributed by atoms with van der Waals surface area (Å²) < 4.78 is 0. The van der Waals surface area contributed by atoms with E-state index in [1.807, 2.05) is 41.3 Å². The van der Waals surface area contributed by atoms with Crippen molar-refractivity contribution in [3.05, 3.63) is 77.5 Å². The van der Waals surface area contributed by atoms with E-state index in [0.717, 1.165) is 11.3 Å². The predicted octanol–water partition coefficient (Wildman–Crippen LogP) is 4.21. The lowest BCUT2D eigenvalue weighted by Crippen LogP contribution is -2.38. The number of benzene rings is 2. The molecule has 0 saturated carbocycles. The molecule has 3 atom stereocenters. The maximum absolute atomic E-state index is 13.1. The molecule has 4 rings (SSSR count). The SMILES string of the molecule is C[C@H](c1ccccc1)N1C(=O)N(Cc2ccccc2)[C@@H]2[C]SC[C@@H]21. The van der Waals surface area contributed by atoms with Crippen LogP contribution in [0.2, 0.25) is 0 Å². The maximum atomic E-state index is 13.1. The number of urea groups is 1. The van der Waals surface area contributed by atoms with Crippen LogP contribution in [-0.4, -0.2) is 33.7 Å². The molecule has 0 aromatic heterocycles. The summed E-state index contributed by atoms with van der Waals surface area (Å²) in [7, 11) is 0. The number of hydrogen-bond donors (Lipinski definition) is 0. The first-order chi connectivity index (χ1) is 11.8. The molecule has 0 N–H and O–H groups in total. The molecule has 2 aromatic carbocycles. The van der Waals surface area contributed by atoms with E-state index in [2.05, 4.69) is 41.8 Å². The summed E-state index contributed by atoms with van der Waals surface area (Å²) in [5, 5.41) is 0. The molecule has 0 bridgehead atoms. The first kappa shape index (κ1) is 15.6. The van der Waals surface area contributed by atoms with Crippen molar-refractivity contribution in [2.75, 3.05) is 5.75 Å². The second-order valence-corrected chi connectivity index (χ2v) is 7.19. The van der Waals surface area contributed by atoms with E-state index in [4.69, 9.17) is 0 Å². The number of amides is 2. The fraction of sp³-hybridized carbons (Fsp3) is 0.300. The molecule has 2 aliphatic heterocycles. The maximum Gasteiger partial charge on any atom is 0.321 e. The van der Waals surface area contributed by atoms with Gasteiger partial charge in [-0.05, 0) is 18.1 Å². The smallest absolute Gasteiger partial charge is 0.314 e. The summed E-state index contributed by atoms with van der Waals surface area (Å²) in [5.41, 5.74) is 2.35. The van der Waals surface area contributed by atoms with Gasteiger partial charge in [-0.25, -0.2) is 4.79 Å². The fourth-order valence-corrected chi connectivity index (χ4v) is 4.66. The van der Waals surface area contributed by atoms with Crippen molar-refractivity contribution in [2.45, 2.75) is 31.6 Å². The van der Waals surface area contributed by atoms with Crippen LogP contribution in [0.25, 0.3) is 0 Å². The van der Waals surface area contributed by atoms with Gasteiger partial charge >= 0.3 is 6.03 Å². The summed E-state index contributed by atoms with van der Waals surface area (Å²) >= 11 is 1.71. The largest absolute Gasteiger partial charge is 0.321 e. The molecule has 2 radical (unpaired) electrons. The summed E-state index contributed by atoms with van der Waals surface area (Å²) in [5.74, 6) is 4.37. The Morgan fingerprint density at radius 1 is 1.12 bits per heavy atom. The quantitative estimate of drug-likeness (QED) is 0.781. The Labute approximate surface area is 147 Å². The van der Waals surface area contributed by atoms with Gasteiger partial charge in [0.05, 0.1) is 23.9 Å². The summed E-state index contributed by atoms with van der Waals surface area (Å²) in [4.78, 5) is 17.2. The summed E-state index contributed by atoms with van der Waals surface area (Å²) in [6.07, 6.45) is 0. The van der Waals surface area contributed by atoms with Crippen LogP contribution in [0.3, 0.4) is 0 Å². The van der Waals surface area contributed by atoms with Gasteiger partial charge in [0.15, 0.2) is 0 Å². The van der Waals surface area contributed by atoms with E-state index in [1.165, 1.54) is 5.56 Å². The van der Waals surface area contributed by atoms with Crippen molar-refractivity contribution in [3.8, 4) is 0 Å². The number of nitrogens with zero attached hydrogens (tertiary/aromatic N) is 2. The number of carbonyl (C=O) groups excluding carboxylic acids is 1. The van der Waals surface area contributed by atoms with E-state index >= 15 is 0 Å². The lowest BCUT2D eigenvalue weighted by atomic mass is 10.0. The fourth-order valence-electron chi connectivity index (χ4n) is 3.59. The van der Waals surface area contributed by atoms with E-state index in [-0.39, 0.29) is 24.2 Å². The number of carbonyl (C=O) groups is 1. The van der Waals surface area contributed by atoms with Crippen molar-refractivity contribution < 1.29 is 4.79 Å². The molecular weight excluding hydrogens is 316 g/mol. The van der Waals surface area contributed by atoms with Crippen LogP contribution in [0.1, 0.15) is 24.1 Å². The number of fused-ring (bicyclic) bond motifs is 1. The molecule has 2 heterocycles. The molecule has 4 heteroatoms. The van der Waals surface area contributed by atoms with Crippen LogP contribution in [0.4, 0.5) is 4.79 Å². The minimum Gasteiger partial charge on any atom is -0.314 e. The Morgan fingerprint density at radius 2 is 1.79 bits per heavy atom. The van der Waals surface area contributed by atoms with Gasteiger partial charge in [-0.15, -0.1) is 11.8 Å². The molecule has 2 amide bonds. The molecule has 2 aliphatic rings. The Hall–Kier alpha value is -1.94. The van der Waals surface area contributed by atoms with Gasteiger partial charge in [-0.2, -0.15) is 0 Å². The molecule has 2 aromatic rings. The average Bonchev–Trinajstić information content (AvgIpc) is 3.18. The van der Waals surface area contributed by atoms with E-state index in [0.29, 0.717) is 6.54 Å². The Balaban J connectivity index is 1.61. The van der Waals surface area contributed by atoms with Crippen molar-refractivity contribution in [1.29, 1.82) is 0 Å². The summed E-state index contributed by atoms with van der Waals surface area (Å²) in [6, 6.07) is 21.0. The lowest BCUT2D eigenvalue weighted by molar-refractivity contribution is 0.170. The van der Waals surface area contributed by atoms with Crippen LogP contribution < -0.4 is 0 Å². The zero-order chi connectivity index (χ0) is 16.5. The third kappa shape index (κ3) is 2.69. The van der Waals surface area contributed by atoms with Crippen LogP contribution in [-0.2, 0) is 6.54 Å². The van der Waals surface area contributed by atoms with Crippen molar-refractivity contribution in [3.63, 3.8) is 0 Å². The predicted molar refractivity (Wildman–Crippen MR) is 97.4 cm³/mol. The summed E-state index contributed by atoms with van der Waals surface area (Å²) in [6.45, 7) is 2.77. The first-order valence-electron chi connectivity index (χ1n) is 8.31. The number of hydrogen-bond acceptors (Lipinski definition) is 2. The van der Waals surface area contributed by atoms with Gasteiger partial charge in [-0.1, -0.05) is 60.7 Å². The van der Waals surface area contributed by atoms with E-state index in [9.17, 15) is 4.79 Å². The monoisotopic (exact) mass is 336 g/mol. The average molecular weight is 336 g/mol. The highest BCUT2D eigenvalue weighted by Crippen LogP contribution is 2.41. The van der Waals surface area contributed by atoms with Crippen LogP contribution >= 0.6 is 11.8 Å².